The molecule has 1 atom stereocenters. The fraction of sp³-hybridized carbons (Fsp3) is 0.345. The number of nitrogens with zero attached hydrogens (tertiary/aromatic N) is 4. The predicted octanol–water partition coefficient (Wildman–Crippen LogP) is 3.08. The summed E-state index contributed by atoms with van der Waals surface area (Å²) >= 11 is 6.20. The highest BCUT2D eigenvalue weighted by atomic mass is 35.5. The van der Waals surface area contributed by atoms with Crippen molar-refractivity contribution in [2.24, 2.45) is 0 Å². The fourth-order valence-electron chi connectivity index (χ4n) is 5.35. The topological polar surface area (TPSA) is 76.2 Å². The van der Waals surface area contributed by atoms with Crippen molar-refractivity contribution in [3.05, 3.63) is 94.7 Å². The van der Waals surface area contributed by atoms with E-state index in [1.54, 1.807) is 29.2 Å². The number of hydrogen-bond donors (Lipinski definition) is 1. The Morgan fingerprint density at radius 1 is 1.05 bits per heavy atom. The zero-order valence-corrected chi connectivity index (χ0v) is 22.1. The van der Waals surface area contributed by atoms with Crippen molar-refractivity contribution >= 4 is 29.4 Å². The van der Waals surface area contributed by atoms with Crippen LogP contribution in [0.3, 0.4) is 0 Å². The van der Waals surface area contributed by atoms with Gasteiger partial charge in [-0.1, -0.05) is 60.1 Å². The minimum absolute atomic E-state index is 0.0196. The van der Waals surface area contributed by atoms with Crippen molar-refractivity contribution in [1.29, 1.82) is 0 Å². The lowest BCUT2D eigenvalue weighted by Crippen LogP contribution is -2.51. The highest BCUT2D eigenvalue weighted by molar-refractivity contribution is 6.30. The maximum Gasteiger partial charge on any atom is 0.322 e. The van der Waals surface area contributed by atoms with Gasteiger partial charge in [0.15, 0.2) is 0 Å². The van der Waals surface area contributed by atoms with Crippen LogP contribution in [0.5, 0.6) is 0 Å². The Morgan fingerprint density at radius 3 is 2.53 bits per heavy atom. The molecule has 0 saturated carbocycles. The van der Waals surface area contributed by atoms with Crippen LogP contribution in [0.25, 0.3) is 0 Å². The van der Waals surface area contributed by atoms with E-state index in [-0.39, 0.29) is 37.5 Å². The molecule has 1 saturated heterocycles. The molecule has 8 nitrogen and oxygen atoms in total. The van der Waals surface area contributed by atoms with Crippen LogP contribution >= 0.6 is 11.6 Å². The summed E-state index contributed by atoms with van der Waals surface area (Å²) in [6.45, 7) is 8.05. The summed E-state index contributed by atoms with van der Waals surface area (Å²) in [5, 5.41) is 3.46. The van der Waals surface area contributed by atoms with E-state index < -0.39 is 6.04 Å². The number of urea groups is 1. The lowest BCUT2D eigenvalue weighted by Gasteiger charge is -2.35. The molecule has 0 aromatic heterocycles. The van der Waals surface area contributed by atoms with Crippen molar-refractivity contribution in [2.45, 2.75) is 12.5 Å². The summed E-state index contributed by atoms with van der Waals surface area (Å²) in [4.78, 5) is 47.1. The molecule has 3 aliphatic rings. The summed E-state index contributed by atoms with van der Waals surface area (Å²) in [6.07, 6.45) is 2.61. The molecule has 3 aliphatic heterocycles. The van der Waals surface area contributed by atoms with Crippen molar-refractivity contribution in [2.75, 3.05) is 52.4 Å². The zero-order chi connectivity index (χ0) is 26.6. The van der Waals surface area contributed by atoms with Crippen LogP contribution < -0.4 is 5.32 Å². The molecule has 198 valence electrons. The molecule has 0 radical (unpaired) electrons. The lowest BCUT2D eigenvalue weighted by atomic mass is 9.95. The van der Waals surface area contributed by atoms with E-state index in [1.807, 2.05) is 17.0 Å². The maximum atomic E-state index is 13.6. The third-order valence-electron chi connectivity index (χ3n) is 7.40. The van der Waals surface area contributed by atoms with Gasteiger partial charge in [0.25, 0.3) is 5.91 Å². The largest absolute Gasteiger partial charge is 0.339 e. The average Bonchev–Trinajstić information content (AvgIpc) is 3.25. The van der Waals surface area contributed by atoms with Crippen LogP contribution in [0.2, 0.25) is 5.02 Å². The summed E-state index contributed by atoms with van der Waals surface area (Å²) < 4.78 is 0. The summed E-state index contributed by atoms with van der Waals surface area (Å²) in [6, 6.07) is 16.6. The van der Waals surface area contributed by atoms with Gasteiger partial charge in [-0.25, -0.2) is 4.79 Å². The molecule has 2 aromatic rings. The first-order chi connectivity index (χ1) is 18.4. The molecule has 0 unspecified atom stereocenters. The molecular formula is C29H32ClN5O3. The summed E-state index contributed by atoms with van der Waals surface area (Å²) in [5.41, 5.74) is 3.13. The molecule has 38 heavy (non-hydrogen) atoms. The molecular weight excluding hydrogens is 502 g/mol. The van der Waals surface area contributed by atoms with Gasteiger partial charge >= 0.3 is 6.03 Å². The molecule has 3 heterocycles. The maximum absolute atomic E-state index is 13.6. The van der Waals surface area contributed by atoms with Crippen LogP contribution in [0.15, 0.2) is 78.5 Å². The molecule has 2 aromatic carbocycles. The third kappa shape index (κ3) is 5.47. The van der Waals surface area contributed by atoms with Crippen LogP contribution in [0.1, 0.15) is 17.2 Å². The van der Waals surface area contributed by atoms with Gasteiger partial charge in [-0.2, -0.15) is 0 Å². The van der Waals surface area contributed by atoms with Gasteiger partial charge < -0.3 is 15.1 Å². The van der Waals surface area contributed by atoms with Gasteiger partial charge in [-0.15, -0.1) is 6.58 Å². The number of carbonyl (C=O) groups is 3. The standard InChI is InChI=1S/C29H32ClN5O3/c1-2-12-35-24-19-34(28(37)26(24)27(31-29(35)38)22-9-6-10-23(30)18-22)20-25(36)33-16-14-32(15-17-33)13-11-21-7-4-3-5-8-21/h2-10,18,27H,1,11-17,19-20H2,(H,31,38)/t27-/m0/s1. The Bertz CT molecular complexity index is 1260. The second kappa shape index (κ2) is 11.4. The highest BCUT2D eigenvalue weighted by Gasteiger charge is 2.44. The molecule has 5 rings (SSSR count). The van der Waals surface area contributed by atoms with Crippen molar-refractivity contribution in [3.63, 3.8) is 0 Å². The number of halogens is 1. The van der Waals surface area contributed by atoms with Crippen LogP contribution in [-0.2, 0) is 16.0 Å². The van der Waals surface area contributed by atoms with E-state index in [4.69, 9.17) is 11.6 Å². The second-order valence-electron chi connectivity index (χ2n) is 9.82. The molecule has 1 N–H and O–H groups in total. The van der Waals surface area contributed by atoms with E-state index in [9.17, 15) is 14.4 Å². The molecule has 1 fully saturated rings. The first kappa shape index (κ1) is 26.0. The summed E-state index contributed by atoms with van der Waals surface area (Å²) in [7, 11) is 0. The Hall–Kier alpha value is -3.62. The number of hydrogen-bond acceptors (Lipinski definition) is 4. The van der Waals surface area contributed by atoms with Crippen LogP contribution in [0.4, 0.5) is 4.79 Å². The van der Waals surface area contributed by atoms with Crippen molar-refractivity contribution in [1.82, 2.24) is 24.9 Å². The normalized spacial score (nSPS) is 20.0. The van der Waals surface area contributed by atoms with Gasteiger partial charge in [0, 0.05) is 44.3 Å². The molecule has 4 amide bonds. The van der Waals surface area contributed by atoms with E-state index >= 15 is 0 Å². The van der Waals surface area contributed by atoms with Gasteiger partial charge in [0.2, 0.25) is 5.91 Å². The number of piperazine rings is 1. The quantitative estimate of drug-likeness (QED) is 0.529. The first-order valence-electron chi connectivity index (χ1n) is 13.0. The van der Waals surface area contributed by atoms with E-state index in [0.717, 1.165) is 31.6 Å². The second-order valence-corrected chi connectivity index (χ2v) is 10.3. The minimum Gasteiger partial charge on any atom is -0.339 e. The number of carbonyl (C=O) groups excluding carboxylic acids is 3. The number of nitrogens with one attached hydrogen (secondary N) is 1. The first-order valence-corrected chi connectivity index (χ1v) is 13.3. The SMILES string of the molecule is C=CCN1C(=O)N[C@@H](c2cccc(Cl)c2)C2=C1CN(CC(=O)N1CCN(CCc3ccccc3)CC1)C2=O. The third-order valence-corrected chi connectivity index (χ3v) is 7.64. The molecule has 0 spiro atoms. The number of rotatable bonds is 8. The summed E-state index contributed by atoms with van der Waals surface area (Å²) in [5.74, 6) is -0.316. The molecule has 9 heteroatoms. The monoisotopic (exact) mass is 533 g/mol. The Labute approximate surface area is 228 Å². The average molecular weight is 534 g/mol. The number of benzene rings is 2. The van der Waals surface area contributed by atoms with Gasteiger partial charge in [0.05, 0.1) is 23.9 Å². The van der Waals surface area contributed by atoms with Gasteiger partial charge in [0.1, 0.15) is 6.54 Å². The van der Waals surface area contributed by atoms with Crippen molar-refractivity contribution < 1.29 is 14.4 Å². The number of amides is 4. The zero-order valence-electron chi connectivity index (χ0n) is 21.3. The Balaban J connectivity index is 1.23. The highest BCUT2D eigenvalue weighted by Crippen LogP contribution is 2.36. The van der Waals surface area contributed by atoms with E-state index in [0.29, 0.717) is 29.4 Å². The Kier molecular flexibility index (Phi) is 7.81. The Morgan fingerprint density at radius 2 is 1.82 bits per heavy atom. The smallest absolute Gasteiger partial charge is 0.322 e. The van der Waals surface area contributed by atoms with E-state index in [1.165, 1.54) is 10.5 Å². The predicted molar refractivity (Wildman–Crippen MR) is 146 cm³/mol. The molecule has 0 aliphatic carbocycles. The fourth-order valence-corrected chi connectivity index (χ4v) is 5.55. The minimum atomic E-state index is -0.627. The van der Waals surface area contributed by atoms with E-state index in [2.05, 4.69) is 41.1 Å². The van der Waals surface area contributed by atoms with Gasteiger partial charge in [-0.05, 0) is 29.7 Å². The van der Waals surface area contributed by atoms with Gasteiger partial charge in [-0.3, -0.25) is 19.4 Å². The van der Waals surface area contributed by atoms with Crippen molar-refractivity contribution in [3.8, 4) is 0 Å². The van der Waals surface area contributed by atoms with Crippen LogP contribution in [-0.4, -0.2) is 89.8 Å². The van der Waals surface area contributed by atoms with Crippen LogP contribution in [0, 0.1) is 0 Å². The molecule has 0 bridgehead atoms. The lowest BCUT2D eigenvalue weighted by molar-refractivity contribution is -0.138.